The van der Waals surface area contributed by atoms with Crippen molar-refractivity contribution in [2.24, 2.45) is 0 Å². The van der Waals surface area contributed by atoms with E-state index in [1.165, 1.54) is 18.3 Å². The molecule has 0 fully saturated rings. The van der Waals surface area contributed by atoms with Crippen LogP contribution in [0.5, 0.6) is 0 Å². The smallest absolute Gasteiger partial charge is 0.271 e. The lowest BCUT2D eigenvalue weighted by Crippen LogP contribution is -2.23. The Morgan fingerprint density at radius 3 is 2.54 bits per heavy atom. The molecule has 0 saturated heterocycles. The van der Waals surface area contributed by atoms with Crippen LogP contribution in [-0.4, -0.2) is 28.8 Å². The summed E-state index contributed by atoms with van der Waals surface area (Å²) in [6, 6.07) is 5.58. The minimum atomic E-state index is -0.655. The van der Waals surface area contributed by atoms with Gasteiger partial charge < -0.3 is 10.2 Å². The van der Waals surface area contributed by atoms with Gasteiger partial charge in [0.2, 0.25) is 0 Å². The van der Waals surface area contributed by atoms with Crippen LogP contribution >= 0.6 is 11.6 Å². The molecule has 24 heavy (non-hydrogen) atoms. The average molecular weight is 351 g/mol. The Morgan fingerprint density at radius 2 is 2.04 bits per heavy atom. The van der Waals surface area contributed by atoms with Crippen molar-refractivity contribution >= 4 is 28.9 Å². The molecule has 0 unspecified atom stereocenters. The zero-order valence-electron chi connectivity index (χ0n) is 13.6. The Hall–Kier alpha value is -2.59. The Kier molecular flexibility index (Phi) is 7.72. The fourth-order valence-electron chi connectivity index (χ4n) is 2.05. The lowest BCUT2D eigenvalue weighted by atomic mass is 10.2. The molecule has 0 aliphatic heterocycles. The number of amides is 1. The summed E-state index contributed by atoms with van der Waals surface area (Å²) in [6.45, 7) is 5.46. The summed E-state index contributed by atoms with van der Waals surface area (Å²) in [7, 11) is 0. The minimum Gasteiger partial charge on any atom is -0.376 e. The van der Waals surface area contributed by atoms with Gasteiger partial charge in [0.05, 0.1) is 15.6 Å². The summed E-state index contributed by atoms with van der Waals surface area (Å²) in [6.07, 6.45) is 3.27. The van der Waals surface area contributed by atoms with Crippen LogP contribution < -0.4 is 5.32 Å². The van der Waals surface area contributed by atoms with Crippen LogP contribution in [0.1, 0.15) is 26.7 Å². The molecule has 7 nitrogen and oxygen atoms in total. The molecule has 0 saturated carbocycles. The van der Waals surface area contributed by atoms with Gasteiger partial charge in [-0.2, -0.15) is 5.26 Å². The summed E-state index contributed by atoms with van der Waals surface area (Å²) in [5.74, 6) is -0.655. The molecule has 0 aliphatic carbocycles. The second-order valence-corrected chi connectivity index (χ2v) is 5.47. The average Bonchev–Trinajstić information content (AvgIpc) is 2.54. The van der Waals surface area contributed by atoms with Crippen molar-refractivity contribution in [3.63, 3.8) is 0 Å². The maximum atomic E-state index is 12.3. The van der Waals surface area contributed by atoms with Crippen molar-refractivity contribution < 1.29 is 9.72 Å². The molecule has 8 heteroatoms. The molecule has 1 aromatic rings. The Bertz CT molecular complexity index is 676. The first-order chi connectivity index (χ1) is 11.4. The van der Waals surface area contributed by atoms with Crippen molar-refractivity contribution in [2.75, 3.05) is 18.4 Å². The topological polar surface area (TPSA) is 99.3 Å². The van der Waals surface area contributed by atoms with Crippen LogP contribution in [0, 0.1) is 21.4 Å². The molecule has 0 heterocycles. The molecule has 0 aromatic heterocycles. The van der Waals surface area contributed by atoms with Crippen molar-refractivity contribution in [1.29, 1.82) is 5.26 Å². The molecular weight excluding hydrogens is 332 g/mol. The number of hydrogen-bond acceptors (Lipinski definition) is 5. The van der Waals surface area contributed by atoms with Gasteiger partial charge in [-0.15, -0.1) is 0 Å². The number of carbonyl (C=O) groups is 1. The van der Waals surface area contributed by atoms with Crippen molar-refractivity contribution in [2.45, 2.75) is 26.7 Å². The molecule has 0 spiro atoms. The number of benzene rings is 1. The molecule has 1 N–H and O–H groups in total. The van der Waals surface area contributed by atoms with Crippen molar-refractivity contribution in [3.05, 3.63) is 45.1 Å². The van der Waals surface area contributed by atoms with E-state index in [4.69, 9.17) is 11.6 Å². The summed E-state index contributed by atoms with van der Waals surface area (Å²) < 4.78 is 0. The van der Waals surface area contributed by atoms with Crippen LogP contribution in [0.2, 0.25) is 5.02 Å². The highest BCUT2D eigenvalue weighted by atomic mass is 35.5. The van der Waals surface area contributed by atoms with E-state index in [9.17, 15) is 20.2 Å². The van der Waals surface area contributed by atoms with Gasteiger partial charge in [0.15, 0.2) is 0 Å². The lowest BCUT2D eigenvalue weighted by Gasteiger charge is -2.19. The van der Waals surface area contributed by atoms with Crippen LogP contribution in [0.3, 0.4) is 0 Å². The number of carbonyl (C=O) groups excluding carboxylic acids is 1. The van der Waals surface area contributed by atoms with Gasteiger partial charge in [-0.05, 0) is 18.9 Å². The quantitative estimate of drug-likeness (QED) is 0.333. The SMILES string of the molecule is CCCN(/C=C(/C#N)C(=O)Nc1cc([N+](=O)[O-])ccc1Cl)CCC. The number of rotatable bonds is 8. The van der Waals surface area contributed by atoms with E-state index >= 15 is 0 Å². The number of anilines is 1. The number of halogens is 1. The summed E-state index contributed by atoms with van der Waals surface area (Å²) >= 11 is 5.95. The van der Waals surface area contributed by atoms with Crippen molar-refractivity contribution in [1.82, 2.24) is 4.90 Å². The van der Waals surface area contributed by atoms with Crippen LogP contribution in [-0.2, 0) is 4.79 Å². The lowest BCUT2D eigenvalue weighted by molar-refractivity contribution is -0.384. The van der Waals surface area contributed by atoms with Gasteiger partial charge >= 0.3 is 0 Å². The van der Waals surface area contributed by atoms with E-state index < -0.39 is 10.8 Å². The second-order valence-electron chi connectivity index (χ2n) is 5.07. The largest absolute Gasteiger partial charge is 0.376 e. The van der Waals surface area contributed by atoms with Gasteiger partial charge in [0.25, 0.3) is 11.6 Å². The number of nitrogens with one attached hydrogen (secondary N) is 1. The standard InChI is InChI=1S/C16H19ClN4O3/c1-3-7-20(8-4-2)11-12(10-18)16(22)19-15-9-13(21(23)24)5-6-14(15)17/h5-6,9,11H,3-4,7-8H2,1-2H3,(H,19,22)/b12-11-. The first kappa shape index (κ1) is 19.5. The molecular formula is C16H19ClN4O3. The van der Waals surface area contributed by atoms with Gasteiger partial charge in [0.1, 0.15) is 11.6 Å². The summed E-state index contributed by atoms with van der Waals surface area (Å²) in [5, 5.41) is 22.6. The third-order valence-corrected chi connectivity index (χ3v) is 3.44. The molecule has 0 aliphatic rings. The number of nitro benzene ring substituents is 1. The molecule has 0 radical (unpaired) electrons. The monoisotopic (exact) mass is 350 g/mol. The van der Waals surface area contributed by atoms with Crippen LogP contribution in [0.15, 0.2) is 30.0 Å². The molecule has 1 amide bonds. The zero-order valence-corrected chi connectivity index (χ0v) is 14.3. The van der Waals surface area contributed by atoms with E-state index in [2.05, 4.69) is 5.32 Å². The van der Waals surface area contributed by atoms with Crippen LogP contribution in [0.25, 0.3) is 0 Å². The third kappa shape index (κ3) is 5.56. The fourth-order valence-corrected chi connectivity index (χ4v) is 2.21. The molecule has 1 rings (SSSR count). The first-order valence-electron chi connectivity index (χ1n) is 7.54. The Morgan fingerprint density at radius 1 is 1.42 bits per heavy atom. The molecule has 128 valence electrons. The normalized spacial score (nSPS) is 10.8. The zero-order chi connectivity index (χ0) is 18.1. The predicted octanol–water partition coefficient (Wildman–Crippen LogP) is 3.72. The van der Waals surface area contributed by atoms with Crippen molar-refractivity contribution in [3.8, 4) is 6.07 Å². The number of non-ortho nitro benzene ring substituents is 1. The highest BCUT2D eigenvalue weighted by Crippen LogP contribution is 2.27. The molecule has 1 aromatic carbocycles. The van der Waals surface area contributed by atoms with Gasteiger partial charge in [-0.3, -0.25) is 14.9 Å². The number of nitriles is 1. The van der Waals surface area contributed by atoms with E-state index in [1.54, 1.807) is 0 Å². The van der Waals surface area contributed by atoms with E-state index in [0.717, 1.165) is 32.0 Å². The Labute approximate surface area is 145 Å². The van der Waals surface area contributed by atoms with Gasteiger partial charge in [0, 0.05) is 31.4 Å². The first-order valence-corrected chi connectivity index (χ1v) is 7.92. The van der Waals surface area contributed by atoms with E-state index in [-0.39, 0.29) is 22.0 Å². The number of nitrogens with zero attached hydrogens (tertiary/aromatic N) is 3. The van der Waals surface area contributed by atoms with Crippen LogP contribution in [0.4, 0.5) is 11.4 Å². The van der Waals surface area contributed by atoms with Gasteiger partial charge in [-0.25, -0.2) is 0 Å². The van der Waals surface area contributed by atoms with Gasteiger partial charge in [-0.1, -0.05) is 25.4 Å². The second kappa shape index (κ2) is 9.53. The number of nitro groups is 1. The fraction of sp³-hybridized carbons (Fsp3) is 0.375. The maximum Gasteiger partial charge on any atom is 0.271 e. The highest BCUT2D eigenvalue weighted by molar-refractivity contribution is 6.34. The predicted molar refractivity (Wildman–Crippen MR) is 92.6 cm³/mol. The van der Waals surface area contributed by atoms with E-state index in [1.807, 2.05) is 24.8 Å². The Balaban J connectivity index is 3.01. The minimum absolute atomic E-state index is 0.0838. The summed E-state index contributed by atoms with van der Waals surface area (Å²) in [5.41, 5.74) is -0.190. The molecule has 0 bridgehead atoms. The summed E-state index contributed by atoms with van der Waals surface area (Å²) in [4.78, 5) is 24.4. The highest BCUT2D eigenvalue weighted by Gasteiger charge is 2.15. The third-order valence-electron chi connectivity index (χ3n) is 3.11. The molecule has 0 atom stereocenters. The number of hydrogen-bond donors (Lipinski definition) is 1. The maximum absolute atomic E-state index is 12.3. The van der Waals surface area contributed by atoms with E-state index in [0.29, 0.717) is 0 Å².